The van der Waals surface area contributed by atoms with E-state index in [0.29, 0.717) is 12.3 Å². The highest BCUT2D eigenvalue weighted by Gasteiger charge is 2.27. The first-order valence-electron chi connectivity index (χ1n) is 4.24. The molecule has 0 spiro atoms. The predicted octanol–water partition coefficient (Wildman–Crippen LogP) is 0.182. The quantitative estimate of drug-likeness (QED) is 0.604. The summed E-state index contributed by atoms with van der Waals surface area (Å²) in [7, 11) is 0. The summed E-state index contributed by atoms with van der Waals surface area (Å²) in [5.41, 5.74) is 1.65. The van der Waals surface area contributed by atoms with Crippen LogP contribution in [-0.4, -0.2) is 45.9 Å². The SMILES string of the molecule is O=C1CNC(=O)N1CCSc1nncs1. The van der Waals surface area contributed by atoms with E-state index in [4.69, 9.17) is 0 Å². The second-order valence-corrected chi connectivity index (χ2v) is 4.93. The van der Waals surface area contributed by atoms with E-state index in [-0.39, 0.29) is 18.5 Å². The van der Waals surface area contributed by atoms with E-state index in [0.717, 1.165) is 4.34 Å². The monoisotopic (exact) mass is 244 g/mol. The Labute approximate surface area is 94.1 Å². The minimum absolute atomic E-state index is 0.113. The van der Waals surface area contributed by atoms with Crippen molar-refractivity contribution in [3.05, 3.63) is 5.51 Å². The Balaban J connectivity index is 1.78. The number of hydrogen-bond donors (Lipinski definition) is 1. The summed E-state index contributed by atoms with van der Waals surface area (Å²) < 4.78 is 0.849. The van der Waals surface area contributed by atoms with Gasteiger partial charge in [0.05, 0.1) is 6.54 Å². The zero-order valence-corrected chi connectivity index (χ0v) is 9.31. The van der Waals surface area contributed by atoms with E-state index in [2.05, 4.69) is 15.5 Å². The highest BCUT2D eigenvalue weighted by Crippen LogP contribution is 2.18. The number of carbonyl (C=O) groups excluding carboxylic acids is 2. The van der Waals surface area contributed by atoms with Gasteiger partial charge in [0.15, 0.2) is 4.34 Å². The fourth-order valence-corrected chi connectivity index (χ4v) is 2.62. The van der Waals surface area contributed by atoms with Crippen LogP contribution in [0, 0.1) is 0 Å². The van der Waals surface area contributed by atoms with Gasteiger partial charge in [-0.3, -0.25) is 9.69 Å². The van der Waals surface area contributed by atoms with Gasteiger partial charge < -0.3 is 5.32 Å². The van der Waals surface area contributed by atoms with Crippen molar-refractivity contribution in [2.24, 2.45) is 0 Å². The standard InChI is InChI=1S/C7H8N4O2S2/c12-5-3-8-6(13)11(5)1-2-14-7-10-9-4-15-7/h4H,1-3H2,(H,8,13). The lowest BCUT2D eigenvalue weighted by atomic mass is 10.5. The molecular formula is C7H8N4O2S2. The zero-order valence-electron chi connectivity index (χ0n) is 7.67. The molecule has 0 saturated carbocycles. The summed E-state index contributed by atoms with van der Waals surface area (Å²) in [6, 6.07) is -0.308. The van der Waals surface area contributed by atoms with Crippen molar-refractivity contribution in [1.82, 2.24) is 20.4 Å². The molecule has 1 aromatic heterocycles. The van der Waals surface area contributed by atoms with Crippen LogP contribution in [0.3, 0.4) is 0 Å². The number of urea groups is 1. The normalized spacial score (nSPS) is 15.9. The number of hydrogen-bond acceptors (Lipinski definition) is 6. The highest BCUT2D eigenvalue weighted by molar-refractivity contribution is 8.01. The molecule has 15 heavy (non-hydrogen) atoms. The van der Waals surface area contributed by atoms with Crippen molar-refractivity contribution < 1.29 is 9.59 Å². The van der Waals surface area contributed by atoms with Crippen LogP contribution < -0.4 is 5.32 Å². The number of nitrogens with one attached hydrogen (secondary N) is 1. The first-order chi connectivity index (χ1) is 7.27. The number of nitrogens with zero attached hydrogens (tertiary/aromatic N) is 3. The van der Waals surface area contributed by atoms with Gasteiger partial charge in [0, 0.05) is 12.3 Å². The van der Waals surface area contributed by atoms with Crippen LogP contribution >= 0.6 is 23.1 Å². The lowest BCUT2D eigenvalue weighted by Crippen LogP contribution is -2.32. The number of amides is 3. The van der Waals surface area contributed by atoms with Gasteiger partial charge >= 0.3 is 6.03 Å². The number of thioether (sulfide) groups is 1. The van der Waals surface area contributed by atoms with Crippen LogP contribution in [0.15, 0.2) is 9.85 Å². The van der Waals surface area contributed by atoms with E-state index in [1.807, 2.05) is 0 Å². The number of aromatic nitrogens is 2. The second-order valence-electron chi connectivity index (χ2n) is 2.76. The van der Waals surface area contributed by atoms with Gasteiger partial charge in [0.2, 0.25) is 5.91 Å². The van der Waals surface area contributed by atoms with E-state index < -0.39 is 0 Å². The number of rotatable bonds is 4. The summed E-state index contributed by atoms with van der Waals surface area (Å²) in [4.78, 5) is 23.5. The van der Waals surface area contributed by atoms with Crippen LogP contribution in [0.5, 0.6) is 0 Å². The van der Waals surface area contributed by atoms with Gasteiger partial charge in [-0.2, -0.15) is 0 Å². The zero-order chi connectivity index (χ0) is 10.7. The Kier molecular flexibility index (Phi) is 3.17. The molecule has 1 aromatic rings. The van der Waals surface area contributed by atoms with Gasteiger partial charge in [0.25, 0.3) is 0 Å². The second kappa shape index (κ2) is 4.58. The summed E-state index contributed by atoms with van der Waals surface area (Å²) in [6.45, 7) is 0.525. The summed E-state index contributed by atoms with van der Waals surface area (Å²) >= 11 is 2.93. The maximum atomic E-state index is 11.2. The number of carbonyl (C=O) groups is 2. The van der Waals surface area contributed by atoms with Gasteiger partial charge in [-0.05, 0) is 0 Å². The minimum Gasteiger partial charge on any atom is -0.329 e. The lowest BCUT2D eigenvalue weighted by Gasteiger charge is -2.10. The van der Waals surface area contributed by atoms with Crippen molar-refractivity contribution >= 4 is 35.0 Å². The largest absolute Gasteiger partial charge is 0.329 e. The summed E-state index contributed by atoms with van der Waals surface area (Å²) in [5, 5.41) is 10.0. The Hall–Kier alpha value is -1.15. The average Bonchev–Trinajstić information content (AvgIpc) is 2.82. The molecule has 0 unspecified atom stereocenters. The van der Waals surface area contributed by atoms with Gasteiger partial charge in [-0.25, -0.2) is 4.79 Å². The Morgan fingerprint density at radius 2 is 2.47 bits per heavy atom. The van der Waals surface area contributed by atoms with E-state index in [1.54, 1.807) is 5.51 Å². The molecule has 6 nitrogen and oxygen atoms in total. The van der Waals surface area contributed by atoms with Crippen LogP contribution in [-0.2, 0) is 4.79 Å². The average molecular weight is 244 g/mol. The van der Waals surface area contributed by atoms with Crippen molar-refractivity contribution in [2.45, 2.75) is 4.34 Å². The van der Waals surface area contributed by atoms with Crippen molar-refractivity contribution in [2.75, 3.05) is 18.8 Å². The van der Waals surface area contributed by atoms with E-state index in [9.17, 15) is 9.59 Å². The molecule has 1 saturated heterocycles. The molecule has 1 N–H and O–H groups in total. The van der Waals surface area contributed by atoms with E-state index in [1.165, 1.54) is 28.0 Å². The molecule has 1 aliphatic rings. The third kappa shape index (κ3) is 2.45. The van der Waals surface area contributed by atoms with Crippen LogP contribution in [0.25, 0.3) is 0 Å². The minimum atomic E-state index is -0.308. The maximum absolute atomic E-state index is 11.2. The van der Waals surface area contributed by atoms with Crippen molar-refractivity contribution in [3.63, 3.8) is 0 Å². The summed E-state index contributed by atoms with van der Waals surface area (Å²) in [5.74, 6) is 0.479. The van der Waals surface area contributed by atoms with Crippen LogP contribution in [0.1, 0.15) is 0 Å². The first kappa shape index (κ1) is 10.4. The molecule has 0 radical (unpaired) electrons. The fourth-order valence-electron chi connectivity index (χ4n) is 1.13. The molecule has 0 aromatic carbocycles. The third-order valence-electron chi connectivity index (χ3n) is 1.82. The Bertz CT molecular complexity index is 351. The molecule has 0 aliphatic carbocycles. The van der Waals surface area contributed by atoms with Gasteiger partial charge in [-0.15, -0.1) is 10.2 Å². The molecular weight excluding hydrogens is 236 g/mol. The molecule has 3 amide bonds. The molecule has 2 rings (SSSR count). The summed E-state index contributed by atoms with van der Waals surface area (Å²) in [6.07, 6.45) is 0. The molecule has 0 bridgehead atoms. The van der Waals surface area contributed by atoms with Crippen molar-refractivity contribution in [3.8, 4) is 0 Å². The van der Waals surface area contributed by atoms with Crippen LogP contribution in [0.4, 0.5) is 4.79 Å². The molecule has 8 heteroatoms. The first-order valence-corrected chi connectivity index (χ1v) is 6.11. The molecule has 1 aliphatic heterocycles. The molecule has 1 fully saturated rings. The third-order valence-corrected chi connectivity index (χ3v) is 3.66. The fraction of sp³-hybridized carbons (Fsp3) is 0.429. The van der Waals surface area contributed by atoms with Crippen molar-refractivity contribution in [1.29, 1.82) is 0 Å². The Morgan fingerprint density at radius 3 is 3.07 bits per heavy atom. The maximum Gasteiger partial charge on any atom is 0.324 e. The highest BCUT2D eigenvalue weighted by atomic mass is 32.2. The predicted molar refractivity (Wildman–Crippen MR) is 55.7 cm³/mol. The number of imide groups is 1. The molecule has 0 atom stereocenters. The van der Waals surface area contributed by atoms with Gasteiger partial charge in [-0.1, -0.05) is 23.1 Å². The lowest BCUT2D eigenvalue weighted by molar-refractivity contribution is -0.124. The van der Waals surface area contributed by atoms with Gasteiger partial charge in [0.1, 0.15) is 5.51 Å². The molecule has 80 valence electrons. The van der Waals surface area contributed by atoms with Crippen LogP contribution in [0.2, 0.25) is 0 Å². The smallest absolute Gasteiger partial charge is 0.324 e. The Morgan fingerprint density at radius 1 is 1.60 bits per heavy atom. The van der Waals surface area contributed by atoms with E-state index >= 15 is 0 Å². The molecule has 2 heterocycles. The topological polar surface area (TPSA) is 75.2 Å².